The lowest BCUT2D eigenvalue weighted by Crippen LogP contribution is -2.36. The van der Waals surface area contributed by atoms with Crippen LogP contribution in [0, 0.1) is 5.82 Å². The first-order chi connectivity index (χ1) is 11.2. The summed E-state index contributed by atoms with van der Waals surface area (Å²) in [5.74, 6) is -0.325. The van der Waals surface area contributed by atoms with Crippen LogP contribution in [0.4, 0.5) is 4.39 Å². The summed E-state index contributed by atoms with van der Waals surface area (Å²) in [6.07, 6.45) is 3.87. The van der Waals surface area contributed by atoms with Gasteiger partial charge >= 0.3 is 0 Å². The fraction of sp³-hybridized carbons (Fsp3) is 0.412. The van der Waals surface area contributed by atoms with Gasteiger partial charge in [0.05, 0.1) is 6.33 Å². The number of aromatic amines is 1. The van der Waals surface area contributed by atoms with Gasteiger partial charge in [-0.2, -0.15) is 0 Å². The molecule has 0 amide bonds. The average molecular weight is 314 g/mol. The fourth-order valence-corrected chi connectivity index (χ4v) is 3.64. The van der Waals surface area contributed by atoms with Crippen LogP contribution in [-0.4, -0.2) is 38.6 Å². The zero-order valence-electron chi connectivity index (χ0n) is 13.1. The van der Waals surface area contributed by atoms with Crippen LogP contribution in [0.2, 0.25) is 0 Å². The molecule has 1 fully saturated rings. The summed E-state index contributed by atoms with van der Waals surface area (Å²) >= 11 is 0. The van der Waals surface area contributed by atoms with Crippen LogP contribution in [0.1, 0.15) is 19.8 Å². The number of fused-ring (bicyclic) bond motifs is 3. The van der Waals surface area contributed by atoms with E-state index in [9.17, 15) is 9.18 Å². The van der Waals surface area contributed by atoms with E-state index in [1.54, 1.807) is 17.0 Å². The molecule has 0 bridgehead atoms. The van der Waals surface area contributed by atoms with E-state index >= 15 is 0 Å². The Bertz CT molecular complexity index is 929. The zero-order chi connectivity index (χ0) is 16.0. The normalized spacial score (nSPS) is 19.1. The maximum absolute atomic E-state index is 13.4. The van der Waals surface area contributed by atoms with Gasteiger partial charge in [0.1, 0.15) is 16.9 Å². The summed E-state index contributed by atoms with van der Waals surface area (Å²) in [6, 6.07) is 4.83. The molecule has 0 radical (unpaired) electrons. The van der Waals surface area contributed by atoms with E-state index in [4.69, 9.17) is 0 Å². The third-order valence-electron chi connectivity index (χ3n) is 4.85. The Morgan fingerprint density at radius 1 is 1.43 bits per heavy atom. The Morgan fingerprint density at radius 3 is 3.13 bits per heavy atom. The Hall–Kier alpha value is -2.21. The third kappa shape index (κ3) is 2.34. The van der Waals surface area contributed by atoms with Crippen LogP contribution in [-0.2, 0) is 6.54 Å². The van der Waals surface area contributed by atoms with Crippen molar-refractivity contribution in [1.29, 1.82) is 0 Å². The summed E-state index contributed by atoms with van der Waals surface area (Å²) in [5, 5.41) is 0.653. The number of nitrogens with one attached hydrogen (secondary N) is 1. The van der Waals surface area contributed by atoms with Gasteiger partial charge in [0, 0.05) is 23.5 Å². The number of hydrogen-bond acceptors (Lipinski definition) is 3. The van der Waals surface area contributed by atoms with Crippen LogP contribution in [0.15, 0.2) is 29.3 Å². The lowest BCUT2D eigenvalue weighted by atomic mass is 10.2. The molecule has 0 saturated carbocycles. The number of H-pyrrole nitrogens is 1. The summed E-state index contributed by atoms with van der Waals surface area (Å²) in [7, 11) is 0. The fourth-order valence-electron chi connectivity index (χ4n) is 3.64. The Morgan fingerprint density at radius 2 is 2.30 bits per heavy atom. The van der Waals surface area contributed by atoms with Gasteiger partial charge in [-0.15, -0.1) is 0 Å². The second-order valence-electron chi connectivity index (χ2n) is 6.17. The number of likely N-dealkylation sites (N-methyl/N-ethyl adjacent to an activating group) is 1. The molecular weight excluding hydrogens is 295 g/mol. The van der Waals surface area contributed by atoms with Crippen molar-refractivity contribution in [3.05, 3.63) is 40.7 Å². The van der Waals surface area contributed by atoms with E-state index in [-0.39, 0.29) is 11.4 Å². The predicted molar refractivity (Wildman–Crippen MR) is 88.1 cm³/mol. The molecular formula is C17H19FN4O. The molecule has 1 aliphatic heterocycles. The molecule has 5 nitrogen and oxygen atoms in total. The zero-order valence-corrected chi connectivity index (χ0v) is 13.1. The van der Waals surface area contributed by atoms with Crippen molar-refractivity contribution in [2.75, 3.05) is 13.1 Å². The molecule has 3 heterocycles. The largest absolute Gasteiger partial charge is 0.349 e. The van der Waals surface area contributed by atoms with Crippen LogP contribution < -0.4 is 5.56 Å². The van der Waals surface area contributed by atoms with Gasteiger partial charge in [0.15, 0.2) is 0 Å². The van der Waals surface area contributed by atoms with Gasteiger partial charge in [-0.3, -0.25) is 14.3 Å². The number of benzene rings is 1. The van der Waals surface area contributed by atoms with Crippen molar-refractivity contribution in [2.24, 2.45) is 0 Å². The quantitative estimate of drug-likeness (QED) is 0.808. The summed E-state index contributed by atoms with van der Waals surface area (Å²) in [5.41, 5.74) is 1.64. The van der Waals surface area contributed by atoms with E-state index in [0.29, 0.717) is 29.0 Å². The Labute approximate surface area is 132 Å². The molecule has 6 heteroatoms. The smallest absolute Gasteiger partial charge is 0.277 e. The lowest BCUT2D eigenvalue weighted by molar-refractivity contribution is 0.242. The standard InChI is InChI=1S/C17H19FN4O/c1-2-21-7-3-4-12(21)9-22-10-19-15-13-8-11(18)5-6-14(13)20-16(15)17(22)23/h5-6,8,10,12,20H,2-4,7,9H2,1H3/t12-/m0/s1. The molecule has 0 spiro atoms. The summed E-state index contributed by atoms with van der Waals surface area (Å²) < 4.78 is 15.1. The minimum atomic E-state index is -0.325. The van der Waals surface area contributed by atoms with E-state index in [0.717, 1.165) is 25.0 Å². The van der Waals surface area contributed by atoms with Crippen molar-refractivity contribution < 1.29 is 4.39 Å². The lowest BCUT2D eigenvalue weighted by Gasteiger charge is -2.23. The third-order valence-corrected chi connectivity index (χ3v) is 4.85. The van der Waals surface area contributed by atoms with E-state index in [1.165, 1.54) is 18.6 Å². The average Bonchev–Trinajstić information content (AvgIpc) is 3.14. The van der Waals surface area contributed by atoms with Gasteiger partial charge in [0.25, 0.3) is 5.56 Å². The van der Waals surface area contributed by atoms with Crippen LogP contribution in [0.25, 0.3) is 21.9 Å². The van der Waals surface area contributed by atoms with Crippen molar-refractivity contribution in [3.63, 3.8) is 0 Å². The summed E-state index contributed by atoms with van der Waals surface area (Å²) in [4.78, 5) is 22.6. The highest BCUT2D eigenvalue weighted by molar-refractivity contribution is 6.04. The maximum atomic E-state index is 13.4. The topological polar surface area (TPSA) is 53.9 Å². The van der Waals surface area contributed by atoms with Gasteiger partial charge in [-0.1, -0.05) is 6.92 Å². The summed E-state index contributed by atoms with van der Waals surface area (Å²) in [6.45, 7) is 4.89. The van der Waals surface area contributed by atoms with E-state index < -0.39 is 0 Å². The van der Waals surface area contributed by atoms with E-state index in [2.05, 4.69) is 21.8 Å². The van der Waals surface area contributed by atoms with Crippen LogP contribution >= 0.6 is 0 Å². The monoisotopic (exact) mass is 314 g/mol. The molecule has 23 heavy (non-hydrogen) atoms. The van der Waals surface area contributed by atoms with E-state index in [1.807, 2.05) is 0 Å². The Balaban J connectivity index is 1.79. The molecule has 2 aromatic heterocycles. The number of likely N-dealkylation sites (tertiary alicyclic amines) is 1. The molecule has 1 N–H and O–H groups in total. The molecule has 1 saturated heterocycles. The molecule has 3 aromatic rings. The first kappa shape index (κ1) is 14.4. The highest BCUT2D eigenvalue weighted by Crippen LogP contribution is 2.23. The van der Waals surface area contributed by atoms with Gasteiger partial charge in [-0.05, 0) is 44.1 Å². The highest BCUT2D eigenvalue weighted by Gasteiger charge is 2.24. The SMILES string of the molecule is CCN1CCC[C@H]1Cn1cnc2c([nH]c3ccc(F)cc32)c1=O. The van der Waals surface area contributed by atoms with Gasteiger partial charge in [0.2, 0.25) is 0 Å². The minimum absolute atomic E-state index is 0.0884. The molecule has 1 aromatic carbocycles. The van der Waals surface area contributed by atoms with Gasteiger partial charge < -0.3 is 4.98 Å². The van der Waals surface area contributed by atoms with Crippen molar-refractivity contribution in [2.45, 2.75) is 32.4 Å². The van der Waals surface area contributed by atoms with Crippen molar-refractivity contribution in [3.8, 4) is 0 Å². The first-order valence-corrected chi connectivity index (χ1v) is 8.08. The first-order valence-electron chi connectivity index (χ1n) is 8.08. The van der Waals surface area contributed by atoms with Gasteiger partial charge in [-0.25, -0.2) is 9.37 Å². The number of aromatic nitrogens is 3. The molecule has 4 rings (SSSR count). The molecule has 1 atom stereocenters. The van der Waals surface area contributed by atoms with Crippen molar-refractivity contribution in [1.82, 2.24) is 19.4 Å². The second-order valence-corrected chi connectivity index (χ2v) is 6.17. The number of halogens is 1. The molecule has 0 unspecified atom stereocenters. The van der Waals surface area contributed by atoms with Crippen LogP contribution in [0.3, 0.4) is 0 Å². The number of rotatable bonds is 3. The predicted octanol–water partition coefficient (Wildman–Crippen LogP) is 2.50. The molecule has 120 valence electrons. The second kappa shape index (κ2) is 5.45. The molecule has 0 aliphatic carbocycles. The van der Waals surface area contributed by atoms with Crippen LogP contribution in [0.5, 0.6) is 0 Å². The Kier molecular flexibility index (Phi) is 3.41. The minimum Gasteiger partial charge on any atom is -0.349 e. The maximum Gasteiger partial charge on any atom is 0.277 e. The van der Waals surface area contributed by atoms with Crippen molar-refractivity contribution >= 4 is 21.9 Å². The number of nitrogens with zero attached hydrogens (tertiary/aromatic N) is 3. The number of hydrogen-bond donors (Lipinski definition) is 1. The molecule has 1 aliphatic rings. The highest BCUT2D eigenvalue weighted by atomic mass is 19.1.